The lowest BCUT2D eigenvalue weighted by Crippen LogP contribution is -2.40. The molecule has 0 atom stereocenters. The maximum Gasteiger partial charge on any atom is 0.407 e. The first-order chi connectivity index (χ1) is 13.8. The Morgan fingerprint density at radius 2 is 1.69 bits per heavy atom. The zero-order chi connectivity index (χ0) is 21.0. The Morgan fingerprint density at radius 1 is 1.10 bits per heavy atom. The van der Waals surface area contributed by atoms with Gasteiger partial charge in [0.05, 0.1) is 10.6 Å². The molecule has 9 heteroatoms. The summed E-state index contributed by atoms with van der Waals surface area (Å²) in [6.45, 7) is 2.51. The molecule has 0 aromatic heterocycles. The third kappa shape index (κ3) is 5.11. The number of aryl methyl sites for hydroxylation is 1. The van der Waals surface area contributed by atoms with Crippen LogP contribution >= 0.6 is 0 Å². The number of piperidine rings is 1. The highest BCUT2D eigenvalue weighted by atomic mass is 32.2. The highest BCUT2D eigenvalue weighted by Gasteiger charge is 2.27. The molecule has 0 aliphatic carbocycles. The molecule has 1 saturated heterocycles. The minimum absolute atomic E-state index is 0.0889. The molecule has 0 unspecified atom stereocenters. The molecular weight excluding hydrogens is 397 g/mol. The van der Waals surface area contributed by atoms with Gasteiger partial charge in [0.1, 0.15) is 5.82 Å². The van der Waals surface area contributed by atoms with E-state index in [0.29, 0.717) is 37.2 Å². The first-order valence-corrected chi connectivity index (χ1v) is 10.6. The Kier molecular flexibility index (Phi) is 6.17. The van der Waals surface area contributed by atoms with Crippen LogP contribution in [0.25, 0.3) is 0 Å². The van der Waals surface area contributed by atoms with E-state index in [0.717, 1.165) is 5.56 Å². The number of likely N-dealkylation sites (tertiary alicyclic amines) is 1. The van der Waals surface area contributed by atoms with E-state index in [1.54, 1.807) is 12.1 Å². The lowest BCUT2D eigenvalue weighted by atomic mass is 9.88. The number of nitrogens with one attached hydrogen (secondary N) is 1. The quantitative estimate of drug-likeness (QED) is 0.574. The van der Waals surface area contributed by atoms with Crippen LogP contribution in [-0.2, 0) is 10.0 Å². The molecule has 1 fully saturated rings. The van der Waals surface area contributed by atoms with Gasteiger partial charge in [0.15, 0.2) is 0 Å². The van der Waals surface area contributed by atoms with Crippen molar-refractivity contribution >= 4 is 21.8 Å². The zero-order valence-electron chi connectivity index (χ0n) is 15.9. The summed E-state index contributed by atoms with van der Waals surface area (Å²) in [5.74, 6) is -0.564. The van der Waals surface area contributed by atoms with E-state index in [9.17, 15) is 17.6 Å². The average molecular weight is 419 g/mol. The van der Waals surface area contributed by atoms with Crippen molar-refractivity contribution in [2.75, 3.05) is 13.1 Å². The second-order valence-electron chi connectivity index (χ2n) is 6.96. The first kappa shape index (κ1) is 20.8. The van der Waals surface area contributed by atoms with E-state index in [4.69, 9.17) is 5.11 Å². The highest BCUT2D eigenvalue weighted by Crippen LogP contribution is 2.23. The van der Waals surface area contributed by atoms with Crippen LogP contribution in [0.5, 0.6) is 0 Å². The predicted octanol–water partition coefficient (Wildman–Crippen LogP) is 3.21. The largest absolute Gasteiger partial charge is 0.465 e. The van der Waals surface area contributed by atoms with Crippen molar-refractivity contribution in [3.05, 3.63) is 65.5 Å². The standard InChI is InChI=1S/C20H22FN3O4S/c1-14-2-8-18(9-3-14)29(27,28)23-22-19(15-4-6-17(21)7-5-15)16-10-12-24(13-11-16)20(25)26/h2-9,16,23H,10-13H2,1H3,(H,25,26)/b22-19-. The Morgan fingerprint density at radius 3 is 2.24 bits per heavy atom. The second kappa shape index (κ2) is 8.60. The van der Waals surface area contributed by atoms with Crippen LogP contribution in [0.1, 0.15) is 24.0 Å². The molecule has 0 radical (unpaired) electrons. The van der Waals surface area contributed by atoms with Gasteiger partial charge in [-0.05, 0) is 49.6 Å². The summed E-state index contributed by atoms with van der Waals surface area (Å²) in [5, 5.41) is 13.3. The molecular formula is C20H22FN3O4S. The Labute approximate surface area is 168 Å². The zero-order valence-corrected chi connectivity index (χ0v) is 16.7. The molecule has 2 N–H and O–H groups in total. The monoisotopic (exact) mass is 419 g/mol. The molecule has 7 nitrogen and oxygen atoms in total. The molecule has 2 aromatic carbocycles. The molecule has 3 rings (SSSR count). The summed E-state index contributed by atoms with van der Waals surface area (Å²) in [6.07, 6.45) is 0.00702. The lowest BCUT2D eigenvalue weighted by Gasteiger charge is -2.30. The number of hydrazone groups is 1. The van der Waals surface area contributed by atoms with E-state index < -0.39 is 21.9 Å². The van der Waals surface area contributed by atoms with Gasteiger partial charge in [0.2, 0.25) is 0 Å². The van der Waals surface area contributed by atoms with Crippen LogP contribution in [0.15, 0.2) is 58.5 Å². The number of amides is 1. The number of carboxylic acid groups (broad SMARTS) is 1. The van der Waals surface area contributed by atoms with Gasteiger partial charge >= 0.3 is 6.09 Å². The van der Waals surface area contributed by atoms with Crippen LogP contribution in [-0.4, -0.2) is 43.3 Å². The summed E-state index contributed by atoms with van der Waals surface area (Å²) < 4.78 is 38.5. The molecule has 0 bridgehead atoms. The molecule has 1 heterocycles. The van der Waals surface area contributed by atoms with E-state index >= 15 is 0 Å². The second-order valence-corrected chi connectivity index (χ2v) is 8.62. The number of sulfonamides is 1. The number of nitrogens with zero attached hydrogens (tertiary/aromatic N) is 2. The molecule has 29 heavy (non-hydrogen) atoms. The molecule has 1 aliphatic heterocycles. The predicted molar refractivity (Wildman–Crippen MR) is 107 cm³/mol. The van der Waals surface area contributed by atoms with Crippen molar-refractivity contribution in [3.8, 4) is 0 Å². The number of hydrogen-bond donors (Lipinski definition) is 2. The SMILES string of the molecule is Cc1ccc(S(=O)(=O)N/N=C(/c2ccc(F)cc2)C2CCN(C(=O)O)CC2)cc1. The van der Waals surface area contributed by atoms with Gasteiger partial charge in [-0.1, -0.05) is 29.8 Å². The summed E-state index contributed by atoms with van der Waals surface area (Å²) >= 11 is 0. The van der Waals surface area contributed by atoms with Gasteiger partial charge in [-0.2, -0.15) is 18.4 Å². The fourth-order valence-corrected chi connectivity index (χ4v) is 4.05. The van der Waals surface area contributed by atoms with Crippen molar-refractivity contribution in [2.24, 2.45) is 11.0 Å². The van der Waals surface area contributed by atoms with Crippen LogP contribution in [0.4, 0.5) is 9.18 Å². The van der Waals surface area contributed by atoms with Crippen LogP contribution in [0, 0.1) is 18.7 Å². The number of carbonyl (C=O) groups is 1. The molecule has 0 spiro atoms. The van der Waals surface area contributed by atoms with Gasteiger partial charge in [0.25, 0.3) is 10.0 Å². The molecule has 2 aromatic rings. The van der Waals surface area contributed by atoms with Crippen molar-refractivity contribution in [3.63, 3.8) is 0 Å². The topological polar surface area (TPSA) is 99.1 Å². The maximum absolute atomic E-state index is 13.3. The van der Waals surface area contributed by atoms with Crippen molar-refractivity contribution in [1.29, 1.82) is 0 Å². The van der Waals surface area contributed by atoms with Crippen molar-refractivity contribution in [1.82, 2.24) is 9.73 Å². The van der Waals surface area contributed by atoms with Gasteiger partial charge in [-0.15, -0.1) is 0 Å². The summed E-state index contributed by atoms with van der Waals surface area (Å²) in [7, 11) is -3.87. The number of hydrogen-bond acceptors (Lipinski definition) is 4. The number of benzene rings is 2. The third-order valence-corrected chi connectivity index (χ3v) is 6.13. The van der Waals surface area contributed by atoms with Crippen molar-refractivity contribution < 1.29 is 22.7 Å². The van der Waals surface area contributed by atoms with Crippen molar-refractivity contribution in [2.45, 2.75) is 24.7 Å². The van der Waals surface area contributed by atoms with Crippen LogP contribution in [0.3, 0.4) is 0 Å². The number of halogens is 1. The normalized spacial score (nSPS) is 15.9. The van der Waals surface area contributed by atoms with E-state index in [1.165, 1.54) is 41.3 Å². The smallest absolute Gasteiger partial charge is 0.407 e. The summed E-state index contributed by atoms with van der Waals surface area (Å²) in [6, 6.07) is 12.0. The van der Waals surface area contributed by atoms with Gasteiger partial charge in [0, 0.05) is 19.0 Å². The summed E-state index contributed by atoms with van der Waals surface area (Å²) in [4.78, 5) is 14.8. The summed E-state index contributed by atoms with van der Waals surface area (Å²) in [5.41, 5.74) is 1.99. The Hall–Kier alpha value is -2.94. The Balaban J connectivity index is 1.87. The van der Waals surface area contributed by atoms with Gasteiger partial charge in [-0.3, -0.25) is 0 Å². The molecule has 0 saturated carbocycles. The van der Waals surface area contributed by atoms with E-state index in [-0.39, 0.29) is 10.8 Å². The number of rotatable bonds is 5. The highest BCUT2D eigenvalue weighted by molar-refractivity contribution is 7.89. The average Bonchev–Trinajstić information content (AvgIpc) is 2.70. The van der Waals surface area contributed by atoms with Gasteiger partial charge < -0.3 is 10.0 Å². The molecule has 1 aliphatic rings. The minimum Gasteiger partial charge on any atom is -0.465 e. The maximum atomic E-state index is 13.3. The minimum atomic E-state index is -3.87. The Bertz CT molecular complexity index is 997. The third-order valence-electron chi connectivity index (χ3n) is 4.91. The lowest BCUT2D eigenvalue weighted by molar-refractivity contribution is 0.131. The van der Waals surface area contributed by atoms with Crippen LogP contribution < -0.4 is 4.83 Å². The fraction of sp³-hybridized carbons (Fsp3) is 0.300. The molecule has 1 amide bonds. The van der Waals surface area contributed by atoms with E-state index in [2.05, 4.69) is 9.93 Å². The van der Waals surface area contributed by atoms with Gasteiger partial charge in [-0.25, -0.2) is 9.18 Å². The first-order valence-electron chi connectivity index (χ1n) is 9.16. The van der Waals surface area contributed by atoms with Crippen LogP contribution in [0.2, 0.25) is 0 Å². The fourth-order valence-electron chi connectivity index (χ4n) is 3.24. The van der Waals surface area contributed by atoms with E-state index in [1.807, 2.05) is 6.92 Å². The molecule has 154 valence electrons.